The monoisotopic (exact) mass is 338 g/mol. The maximum atomic E-state index is 11.2. The van der Waals surface area contributed by atoms with E-state index in [1.54, 1.807) is 6.92 Å². The fraction of sp³-hybridized carbons (Fsp3) is 0.562. The third-order valence-corrected chi connectivity index (χ3v) is 4.85. The van der Waals surface area contributed by atoms with Crippen LogP contribution in [0.3, 0.4) is 0 Å². The first-order valence-corrected chi connectivity index (χ1v) is 8.50. The smallest absolute Gasteiger partial charge is 0.332 e. The van der Waals surface area contributed by atoms with Gasteiger partial charge in [0.15, 0.2) is 5.54 Å². The molecule has 126 valence electrons. The number of ether oxygens (including phenoxy) is 1. The van der Waals surface area contributed by atoms with Crippen LogP contribution in [0.2, 0.25) is 0 Å². The van der Waals surface area contributed by atoms with Crippen LogP contribution in [0.4, 0.5) is 0 Å². The van der Waals surface area contributed by atoms with E-state index in [1.165, 1.54) is 24.0 Å². The van der Waals surface area contributed by atoms with E-state index in [0.717, 1.165) is 12.8 Å². The first-order valence-electron chi connectivity index (χ1n) is 7.51. The van der Waals surface area contributed by atoms with Gasteiger partial charge in [-0.1, -0.05) is 13.3 Å². The minimum atomic E-state index is -1.17. The molecule has 1 aromatic heterocycles. The van der Waals surface area contributed by atoms with Gasteiger partial charge in [0.1, 0.15) is 27.8 Å². The molecule has 0 spiro atoms. The van der Waals surface area contributed by atoms with Crippen molar-refractivity contribution in [2.75, 3.05) is 5.75 Å². The molecule has 0 bridgehead atoms. The van der Waals surface area contributed by atoms with E-state index in [9.17, 15) is 15.0 Å². The number of carboxylic acids is 1. The molecule has 0 saturated heterocycles. The normalized spacial score (nSPS) is 21.1. The summed E-state index contributed by atoms with van der Waals surface area (Å²) in [6.07, 6.45) is 3.41. The molecule has 0 radical (unpaired) electrons. The summed E-state index contributed by atoms with van der Waals surface area (Å²) in [5.41, 5.74) is -1.22. The van der Waals surface area contributed by atoms with Crippen molar-refractivity contribution >= 4 is 22.8 Å². The highest BCUT2D eigenvalue weighted by atomic mass is 32.2. The summed E-state index contributed by atoms with van der Waals surface area (Å²) in [5, 5.41) is 19.8. The maximum absolute atomic E-state index is 11.2. The van der Waals surface area contributed by atoms with Gasteiger partial charge in [-0.05, 0) is 27.2 Å². The van der Waals surface area contributed by atoms with Gasteiger partial charge in [0.2, 0.25) is 0 Å². The average molecular weight is 338 g/mol. The number of aromatic nitrogens is 1. The van der Waals surface area contributed by atoms with Gasteiger partial charge >= 0.3 is 5.97 Å². The molecule has 0 amide bonds. The summed E-state index contributed by atoms with van der Waals surface area (Å²) in [4.78, 5) is 19.6. The van der Waals surface area contributed by atoms with Crippen molar-refractivity contribution in [2.24, 2.45) is 4.99 Å². The summed E-state index contributed by atoms with van der Waals surface area (Å²) in [6, 6.07) is 1.50. The van der Waals surface area contributed by atoms with E-state index >= 15 is 0 Å². The van der Waals surface area contributed by atoms with Crippen LogP contribution in [-0.4, -0.2) is 43.1 Å². The molecule has 1 atom stereocenters. The van der Waals surface area contributed by atoms with Gasteiger partial charge < -0.3 is 14.9 Å². The molecule has 6 nitrogen and oxygen atoms in total. The molecule has 0 fully saturated rings. The molecule has 1 aliphatic rings. The highest BCUT2D eigenvalue weighted by Crippen LogP contribution is 2.34. The number of hydrogen-bond acceptors (Lipinski definition) is 6. The molecule has 1 aliphatic heterocycles. The lowest BCUT2D eigenvalue weighted by Crippen LogP contribution is -2.33. The fourth-order valence-electron chi connectivity index (χ4n) is 2.36. The lowest BCUT2D eigenvalue weighted by atomic mass is 10.0. The molecule has 2 N–H and O–H groups in total. The van der Waals surface area contributed by atoms with Crippen LogP contribution < -0.4 is 4.74 Å². The first kappa shape index (κ1) is 17.6. The number of aliphatic imine (C=N–C) groups is 1. The van der Waals surface area contributed by atoms with E-state index < -0.39 is 11.5 Å². The molecule has 0 aromatic carbocycles. The van der Waals surface area contributed by atoms with Gasteiger partial charge in [0, 0.05) is 11.8 Å². The quantitative estimate of drug-likeness (QED) is 0.828. The molecule has 7 heteroatoms. The predicted molar refractivity (Wildman–Crippen MR) is 90.6 cm³/mol. The lowest BCUT2D eigenvalue weighted by molar-refractivity contribution is -0.141. The van der Waals surface area contributed by atoms with Gasteiger partial charge in [-0.25, -0.2) is 9.78 Å². The number of hydrogen-bond donors (Lipinski definition) is 2. The molecule has 2 heterocycles. The van der Waals surface area contributed by atoms with Gasteiger partial charge in [0.25, 0.3) is 0 Å². The number of carbonyl (C=O) groups is 1. The summed E-state index contributed by atoms with van der Waals surface area (Å²) >= 11 is 1.28. The van der Waals surface area contributed by atoms with Gasteiger partial charge in [-0.3, -0.25) is 4.99 Å². The molecule has 0 aliphatic carbocycles. The Morgan fingerprint density at radius 1 is 1.52 bits per heavy atom. The highest BCUT2D eigenvalue weighted by Gasteiger charge is 2.39. The molecular weight excluding hydrogens is 316 g/mol. The van der Waals surface area contributed by atoms with Crippen LogP contribution in [0.1, 0.15) is 46.2 Å². The Hall–Kier alpha value is -1.76. The Bertz CT molecular complexity index is 645. The Morgan fingerprint density at radius 3 is 2.74 bits per heavy atom. The predicted octanol–water partition coefficient (Wildman–Crippen LogP) is 3.08. The molecule has 2 rings (SSSR count). The zero-order valence-corrected chi connectivity index (χ0v) is 14.6. The van der Waals surface area contributed by atoms with Crippen molar-refractivity contribution in [1.29, 1.82) is 0 Å². The molecule has 1 unspecified atom stereocenters. The summed E-state index contributed by atoms with van der Waals surface area (Å²) in [7, 11) is 0. The molecular formula is C16H22N2O4S. The van der Waals surface area contributed by atoms with Crippen LogP contribution in [0.15, 0.2) is 17.3 Å². The third kappa shape index (κ3) is 3.96. The zero-order chi connectivity index (χ0) is 17.3. The summed E-state index contributed by atoms with van der Waals surface area (Å²) < 4.78 is 5.86. The van der Waals surface area contributed by atoms with Crippen LogP contribution in [0.25, 0.3) is 0 Å². The Kier molecular flexibility index (Phi) is 4.89. The van der Waals surface area contributed by atoms with Crippen LogP contribution in [0.5, 0.6) is 11.5 Å². The van der Waals surface area contributed by atoms with Gasteiger partial charge in [-0.15, -0.1) is 11.8 Å². The van der Waals surface area contributed by atoms with E-state index in [1.807, 2.05) is 13.8 Å². The lowest BCUT2D eigenvalue weighted by Gasteiger charge is -2.26. The van der Waals surface area contributed by atoms with Crippen molar-refractivity contribution in [3.8, 4) is 11.5 Å². The zero-order valence-electron chi connectivity index (χ0n) is 13.8. The number of rotatable bonds is 6. The highest BCUT2D eigenvalue weighted by molar-refractivity contribution is 8.14. The van der Waals surface area contributed by atoms with Gasteiger partial charge in [0.05, 0.1) is 6.20 Å². The third-order valence-electron chi connectivity index (χ3n) is 3.59. The van der Waals surface area contributed by atoms with Crippen molar-refractivity contribution in [3.63, 3.8) is 0 Å². The Morgan fingerprint density at radius 2 is 2.22 bits per heavy atom. The minimum absolute atomic E-state index is 0.0595. The van der Waals surface area contributed by atoms with E-state index in [-0.39, 0.29) is 11.4 Å². The summed E-state index contributed by atoms with van der Waals surface area (Å²) in [6.45, 7) is 7.60. The second-order valence-corrected chi connectivity index (χ2v) is 7.40. The number of aliphatic carboxylic acids is 1. The van der Waals surface area contributed by atoms with Crippen molar-refractivity contribution in [1.82, 2.24) is 4.98 Å². The first-order chi connectivity index (χ1) is 10.7. The fourth-order valence-corrected chi connectivity index (χ4v) is 3.52. The number of pyridine rings is 1. The van der Waals surface area contributed by atoms with Crippen molar-refractivity contribution in [2.45, 2.75) is 51.7 Å². The number of aromatic hydroxyl groups is 1. The summed E-state index contributed by atoms with van der Waals surface area (Å²) in [5.74, 6) is -0.244. The Balaban J connectivity index is 2.23. The van der Waals surface area contributed by atoms with Crippen LogP contribution >= 0.6 is 11.8 Å². The number of thioether (sulfide) groups is 1. The van der Waals surface area contributed by atoms with Crippen molar-refractivity contribution in [3.05, 3.63) is 18.0 Å². The van der Waals surface area contributed by atoms with Crippen LogP contribution in [0, 0.1) is 0 Å². The van der Waals surface area contributed by atoms with E-state index in [2.05, 4.69) is 16.9 Å². The molecule has 0 saturated carbocycles. The van der Waals surface area contributed by atoms with Crippen molar-refractivity contribution < 1.29 is 19.7 Å². The largest absolute Gasteiger partial charge is 0.505 e. The number of nitrogens with zero attached hydrogens (tertiary/aromatic N) is 2. The van der Waals surface area contributed by atoms with E-state index in [4.69, 9.17) is 4.74 Å². The topological polar surface area (TPSA) is 92.0 Å². The maximum Gasteiger partial charge on any atom is 0.332 e. The molecule has 1 aromatic rings. The minimum Gasteiger partial charge on any atom is -0.505 e. The second kappa shape index (κ2) is 6.39. The number of carboxylic acid groups (broad SMARTS) is 1. The second-order valence-electron chi connectivity index (χ2n) is 6.44. The van der Waals surface area contributed by atoms with Crippen LogP contribution in [-0.2, 0) is 4.79 Å². The average Bonchev–Trinajstić information content (AvgIpc) is 2.82. The van der Waals surface area contributed by atoms with E-state index in [0.29, 0.717) is 22.2 Å². The van der Waals surface area contributed by atoms with Gasteiger partial charge in [-0.2, -0.15) is 0 Å². The SMILES string of the molecule is CCCC(C)(C)Oc1cnc(C2=NC(C)(C(=O)O)CS2)c(O)c1. The molecule has 23 heavy (non-hydrogen) atoms. The Labute approximate surface area is 140 Å². The standard InChI is InChI=1S/C16H22N2O4S/c1-5-6-15(2,3)22-10-7-11(19)12(17-8-10)13-18-16(4,9-23-13)14(20)21/h7-8,19H,5-6,9H2,1-4H3,(H,20,21).